The van der Waals surface area contributed by atoms with Gasteiger partial charge in [-0.15, -0.1) is 11.3 Å². The maximum atomic E-state index is 12.3. The summed E-state index contributed by atoms with van der Waals surface area (Å²) in [6, 6.07) is 6.66. The minimum absolute atomic E-state index is 0.0469. The SMILES string of the molecule is CCOC(=O)N1CCC(NC(=O)CCc2csc(NC(=O)c3ccc(Cl)cc3)n2)CC1. The third kappa shape index (κ3) is 6.93. The second kappa shape index (κ2) is 11.1. The molecular weight excluding hydrogens is 440 g/mol. The van der Waals surface area contributed by atoms with Gasteiger partial charge in [0.25, 0.3) is 5.91 Å². The van der Waals surface area contributed by atoms with Crippen molar-refractivity contribution in [3.05, 3.63) is 45.9 Å². The summed E-state index contributed by atoms with van der Waals surface area (Å²) >= 11 is 7.16. The number of benzene rings is 1. The number of halogens is 1. The molecule has 0 spiro atoms. The van der Waals surface area contributed by atoms with Crippen LogP contribution in [0.4, 0.5) is 9.93 Å². The van der Waals surface area contributed by atoms with Crippen LogP contribution in [0.15, 0.2) is 29.6 Å². The van der Waals surface area contributed by atoms with Crippen molar-refractivity contribution >= 4 is 46.0 Å². The summed E-state index contributed by atoms with van der Waals surface area (Å²) in [7, 11) is 0. The van der Waals surface area contributed by atoms with Crippen LogP contribution in [0.25, 0.3) is 0 Å². The van der Waals surface area contributed by atoms with Crippen LogP contribution < -0.4 is 10.6 Å². The Morgan fingerprint density at radius 1 is 1.23 bits per heavy atom. The monoisotopic (exact) mass is 464 g/mol. The van der Waals surface area contributed by atoms with E-state index in [1.165, 1.54) is 11.3 Å². The first-order valence-electron chi connectivity index (χ1n) is 10.2. The highest BCUT2D eigenvalue weighted by molar-refractivity contribution is 7.14. The third-order valence-electron chi connectivity index (χ3n) is 4.87. The van der Waals surface area contributed by atoms with Crippen molar-refractivity contribution in [1.82, 2.24) is 15.2 Å². The molecule has 0 saturated carbocycles. The van der Waals surface area contributed by atoms with Gasteiger partial charge in [-0.25, -0.2) is 9.78 Å². The van der Waals surface area contributed by atoms with Crippen molar-refractivity contribution in [2.24, 2.45) is 0 Å². The molecule has 3 amide bonds. The Kier molecular flexibility index (Phi) is 8.25. The molecule has 10 heteroatoms. The minimum Gasteiger partial charge on any atom is -0.450 e. The molecular formula is C21H25ClN4O4S. The van der Waals surface area contributed by atoms with E-state index in [1.807, 2.05) is 5.38 Å². The lowest BCUT2D eigenvalue weighted by Crippen LogP contribution is -2.46. The quantitative estimate of drug-likeness (QED) is 0.650. The van der Waals surface area contributed by atoms with Crippen molar-refractivity contribution in [2.75, 3.05) is 25.0 Å². The van der Waals surface area contributed by atoms with Gasteiger partial charge in [0.1, 0.15) is 0 Å². The summed E-state index contributed by atoms with van der Waals surface area (Å²) in [6.07, 6.45) is 1.92. The number of carbonyl (C=O) groups excluding carboxylic acids is 3. The van der Waals surface area contributed by atoms with Crippen molar-refractivity contribution in [2.45, 2.75) is 38.6 Å². The van der Waals surface area contributed by atoms with Crippen LogP contribution in [0.3, 0.4) is 0 Å². The van der Waals surface area contributed by atoms with E-state index in [0.717, 1.165) is 5.69 Å². The summed E-state index contributed by atoms with van der Waals surface area (Å²) in [4.78, 5) is 42.3. The molecule has 2 aromatic rings. The Morgan fingerprint density at radius 3 is 2.61 bits per heavy atom. The molecule has 1 aromatic carbocycles. The largest absolute Gasteiger partial charge is 0.450 e. The summed E-state index contributed by atoms with van der Waals surface area (Å²) < 4.78 is 5.00. The Labute approximate surface area is 189 Å². The van der Waals surface area contributed by atoms with Crippen molar-refractivity contribution < 1.29 is 19.1 Å². The van der Waals surface area contributed by atoms with E-state index in [2.05, 4.69) is 15.6 Å². The lowest BCUT2D eigenvalue weighted by atomic mass is 10.1. The maximum absolute atomic E-state index is 12.3. The highest BCUT2D eigenvalue weighted by atomic mass is 35.5. The van der Waals surface area contributed by atoms with Crippen LogP contribution in [0.1, 0.15) is 42.2 Å². The average molecular weight is 465 g/mol. The minimum atomic E-state index is -0.297. The van der Waals surface area contributed by atoms with Crippen LogP contribution in [0.2, 0.25) is 5.02 Å². The molecule has 166 valence electrons. The fourth-order valence-corrected chi connectivity index (χ4v) is 4.08. The number of likely N-dealkylation sites (tertiary alicyclic amines) is 1. The number of ether oxygens (including phenoxy) is 1. The van der Waals surface area contributed by atoms with E-state index in [0.29, 0.717) is 61.1 Å². The number of anilines is 1. The van der Waals surface area contributed by atoms with Gasteiger partial charge in [-0.1, -0.05) is 11.6 Å². The van der Waals surface area contributed by atoms with E-state index in [4.69, 9.17) is 16.3 Å². The molecule has 0 unspecified atom stereocenters. The second-order valence-corrected chi connectivity index (χ2v) is 8.43. The zero-order valence-electron chi connectivity index (χ0n) is 17.2. The number of hydrogen-bond donors (Lipinski definition) is 2. The van der Waals surface area contributed by atoms with Crippen molar-refractivity contribution in [1.29, 1.82) is 0 Å². The van der Waals surface area contributed by atoms with Gasteiger partial charge in [0.05, 0.1) is 12.3 Å². The van der Waals surface area contributed by atoms with Gasteiger partial charge >= 0.3 is 6.09 Å². The first-order valence-corrected chi connectivity index (χ1v) is 11.4. The summed E-state index contributed by atoms with van der Waals surface area (Å²) in [5.41, 5.74) is 1.25. The average Bonchev–Trinajstić information content (AvgIpc) is 3.20. The molecule has 1 aromatic heterocycles. The number of piperidine rings is 1. The van der Waals surface area contributed by atoms with E-state index in [1.54, 1.807) is 36.1 Å². The third-order valence-corrected chi connectivity index (χ3v) is 5.93. The van der Waals surface area contributed by atoms with Crippen LogP contribution >= 0.6 is 22.9 Å². The highest BCUT2D eigenvalue weighted by Gasteiger charge is 2.24. The summed E-state index contributed by atoms with van der Waals surface area (Å²) in [6.45, 7) is 3.29. The molecule has 2 heterocycles. The Bertz CT molecular complexity index is 910. The van der Waals surface area contributed by atoms with Gasteiger partial charge in [-0.2, -0.15) is 0 Å². The van der Waals surface area contributed by atoms with Gasteiger partial charge in [0.15, 0.2) is 5.13 Å². The Balaban J connectivity index is 1.39. The second-order valence-electron chi connectivity index (χ2n) is 7.13. The molecule has 1 aliphatic rings. The predicted octanol–water partition coefficient (Wildman–Crippen LogP) is 3.72. The Morgan fingerprint density at radius 2 is 1.94 bits per heavy atom. The van der Waals surface area contributed by atoms with Crippen molar-refractivity contribution in [3.63, 3.8) is 0 Å². The van der Waals surface area contributed by atoms with Crippen LogP contribution in [-0.2, 0) is 16.0 Å². The van der Waals surface area contributed by atoms with Gasteiger partial charge < -0.3 is 15.0 Å². The normalized spacial score (nSPS) is 14.2. The van der Waals surface area contributed by atoms with Gasteiger partial charge in [0, 0.05) is 41.5 Å². The first kappa shape index (κ1) is 23.0. The molecule has 0 radical (unpaired) electrons. The van der Waals surface area contributed by atoms with Gasteiger partial charge in [-0.3, -0.25) is 14.9 Å². The summed E-state index contributed by atoms with van der Waals surface area (Å²) in [5, 5.41) is 8.67. The molecule has 31 heavy (non-hydrogen) atoms. The molecule has 8 nitrogen and oxygen atoms in total. The number of carbonyl (C=O) groups is 3. The highest BCUT2D eigenvalue weighted by Crippen LogP contribution is 2.19. The molecule has 1 aliphatic heterocycles. The van der Waals surface area contributed by atoms with Crippen LogP contribution in [0.5, 0.6) is 0 Å². The molecule has 1 fully saturated rings. The number of aromatic nitrogens is 1. The topological polar surface area (TPSA) is 101 Å². The fraction of sp³-hybridized carbons (Fsp3) is 0.429. The van der Waals surface area contributed by atoms with Crippen LogP contribution in [0, 0.1) is 0 Å². The molecule has 0 atom stereocenters. The fourth-order valence-electron chi connectivity index (χ4n) is 3.21. The standard InChI is InChI=1S/C21H25ClN4O4S/c1-2-30-21(29)26-11-9-16(10-12-26)23-18(27)8-7-17-13-31-20(24-17)25-19(28)14-3-5-15(22)6-4-14/h3-6,13,16H,2,7-12H2,1H3,(H,23,27)(H,24,25,28). The van der Waals surface area contributed by atoms with E-state index >= 15 is 0 Å². The molecule has 0 aliphatic carbocycles. The lowest BCUT2D eigenvalue weighted by Gasteiger charge is -2.31. The first-order chi connectivity index (χ1) is 14.9. The predicted molar refractivity (Wildman–Crippen MR) is 120 cm³/mol. The van der Waals surface area contributed by atoms with E-state index in [-0.39, 0.29) is 23.9 Å². The number of nitrogens with zero attached hydrogens (tertiary/aromatic N) is 2. The van der Waals surface area contributed by atoms with E-state index < -0.39 is 0 Å². The molecule has 3 rings (SSSR count). The zero-order chi connectivity index (χ0) is 22.2. The van der Waals surface area contributed by atoms with E-state index in [9.17, 15) is 14.4 Å². The van der Waals surface area contributed by atoms with Gasteiger partial charge in [0.2, 0.25) is 5.91 Å². The zero-order valence-corrected chi connectivity index (χ0v) is 18.8. The molecule has 2 N–H and O–H groups in total. The molecule has 0 bridgehead atoms. The number of amides is 3. The number of thiazole rings is 1. The smallest absolute Gasteiger partial charge is 0.409 e. The Hall–Kier alpha value is -2.65. The summed E-state index contributed by atoms with van der Waals surface area (Å²) in [5.74, 6) is -0.307. The lowest BCUT2D eigenvalue weighted by molar-refractivity contribution is -0.122. The van der Waals surface area contributed by atoms with Gasteiger partial charge in [-0.05, 0) is 50.5 Å². The maximum Gasteiger partial charge on any atom is 0.409 e. The number of aryl methyl sites for hydroxylation is 1. The number of hydrogen-bond acceptors (Lipinski definition) is 6. The van der Waals surface area contributed by atoms with Crippen LogP contribution in [-0.4, -0.2) is 53.5 Å². The van der Waals surface area contributed by atoms with Crippen molar-refractivity contribution in [3.8, 4) is 0 Å². The molecule has 1 saturated heterocycles. The number of rotatable bonds is 7. The number of nitrogens with one attached hydrogen (secondary N) is 2.